The first-order valence-electron chi connectivity index (χ1n) is 9.28. The second-order valence-electron chi connectivity index (χ2n) is 7.04. The summed E-state index contributed by atoms with van der Waals surface area (Å²) in [7, 11) is -3.52. The Labute approximate surface area is 161 Å². The molecular weight excluding hydrogens is 362 g/mol. The van der Waals surface area contributed by atoms with Crippen LogP contribution in [0.15, 0.2) is 35.2 Å². The molecule has 0 bridgehead atoms. The van der Waals surface area contributed by atoms with Crippen molar-refractivity contribution in [2.24, 2.45) is 0 Å². The van der Waals surface area contributed by atoms with Gasteiger partial charge < -0.3 is 9.47 Å². The number of sulfonamides is 1. The Balaban J connectivity index is 1.72. The van der Waals surface area contributed by atoms with Crippen molar-refractivity contribution in [1.82, 2.24) is 13.8 Å². The molecule has 7 heteroatoms. The molecule has 1 aliphatic heterocycles. The Hall–Kier alpha value is -2.12. The molecule has 1 fully saturated rings. The van der Waals surface area contributed by atoms with Gasteiger partial charge in [-0.05, 0) is 45.9 Å². The van der Waals surface area contributed by atoms with E-state index in [0.717, 1.165) is 23.5 Å². The summed E-state index contributed by atoms with van der Waals surface area (Å²) >= 11 is 0. The van der Waals surface area contributed by atoms with Crippen molar-refractivity contribution in [3.8, 4) is 0 Å². The van der Waals surface area contributed by atoms with Crippen LogP contribution >= 0.6 is 0 Å². The molecule has 146 valence electrons. The molecule has 1 saturated heterocycles. The average Bonchev–Trinajstić information content (AvgIpc) is 2.95. The third-order valence-electron chi connectivity index (χ3n) is 5.30. The molecule has 1 aliphatic rings. The minimum atomic E-state index is -3.52. The number of carbonyl (C=O) groups is 1. The minimum Gasteiger partial charge on any atom is -0.349 e. The fraction of sp³-hybridized carbons (Fsp3) is 0.450. The van der Waals surface area contributed by atoms with Crippen LogP contribution in [-0.4, -0.2) is 54.3 Å². The van der Waals surface area contributed by atoms with Gasteiger partial charge in [-0.25, -0.2) is 8.42 Å². The van der Waals surface area contributed by atoms with Crippen molar-refractivity contribution in [2.75, 3.05) is 26.2 Å². The lowest BCUT2D eigenvalue weighted by Gasteiger charge is -2.34. The standard InChI is InChI=1S/C20H27N3O3S/c1-5-23-16(3)14-19(17(23)4)20(24)21-10-12-22(13-11-21)27(25,26)18-8-6-15(2)7-9-18/h6-9,14H,5,10-13H2,1-4H3. The molecule has 0 atom stereocenters. The zero-order valence-electron chi connectivity index (χ0n) is 16.4. The van der Waals surface area contributed by atoms with Gasteiger partial charge in [0.1, 0.15) is 0 Å². The summed E-state index contributed by atoms with van der Waals surface area (Å²) in [5, 5.41) is 0. The fourth-order valence-electron chi connectivity index (χ4n) is 3.67. The molecule has 3 rings (SSSR count). The van der Waals surface area contributed by atoms with E-state index in [1.54, 1.807) is 29.2 Å². The van der Waals surface area contributed by atoms with E-state index in [2.05, 4.69) is 11.5 Å². The van der Waals surface area contributed by atoms with Crippen molar-refractivity contribution in [3.05, 3.63) is 52.8 Å². The van der Waals surface area contributed by atoms with E-state index in [4.69, 9.17) is 0 Å². The zero-order chi connectivity index (χ0) is 19.8. The van der Waals surface area contributed by atoms with Gasteiger partial charge in [0.15, 0.2) is 0 Å². The quantitative estimate of drug-likeness (QED) is 0.807. The first-order chi connectivity index (χ1) is 12.8. The Morgan fingerprint density at radius 3 is 2.11 bits per heavy atom. The Morgan fingerprint density at radius 2 is 1.59 bits per heavy atom. The van der Waals surface area contributed by atoms with Crippen LogP contribution in [0.3, 0.4) is 0 Å². The van der Waals surface area contributed by atoms with Crippen molar-refractivity contribution >= 4 is 15.9 Å². The molecule has 2 aromatic rings. The predicted molar refractivity (Wildman–Crippen MR) is 105 cm³/mol. The molecule has 0 saturated carbocycles. The third-order valence-corrected chi connectivity index (χ3v) is 7.22. The Kier molecular flexibility index (Phi) is 5.44. The van der Waals surface area contributed by atoms with E-state index < -0.39 is 10.0 Å². The van der Waals surface area contributed by atoms with Gasteiger partial charge in [-0.1, -0.05) is 17.7 Å². The van der Waals surface area contributed by atoms with E-state index in [-0.39, 0.29) is 5.91 Å². The highest BCUT2D eigenvalue weighted by Gasteiger charge is 2.31. The molecule has 0 aliphatic carbocycles. The van der Waals surface area contributed by atoms with E-state index in [0.29, 0.717) is 36.6 Å². The minimum absolute atomic E-state index is 0.0183. The largest absolute Gasteiger partial charge is 0.349 e. The fourth-order valence-corrected chi connectivity index (χ4v) is 5.09. The summed E-state index contributed by atoms with van der Waals surface area (Å²) in [6.45, 7) is 10.2. The van der Waals surface area contributed by atoms with Gasteiger partial charge in [0.25, 0.3) is 5.91 Å². The van der Waals surface area contributed by atoms with Crippen LogP contribution in [0.1, 0.15) is 34.2 Å². The molecule has 0 unspecified atom stereocenters. The summed E-state index contributed by atoms with van der Waals surface area (Å²) in [4.78, 5) is 15.0. The maximum absolute atomic E-state index is 12.9. The van der Waals surface area contributed by atoms with E-state index >= 15 is 0 Å². The lowest BCUT2D eigenvalue weighted by Crippen LogP contribution is -2.50. The van der Waals surface area contributed by atoms with Gasteiger partial charge in [-0.15, -0.1) is 0 Å². The van der Waals surface area contributed by atoms with Crippen LogP contribution in [-0.2, 0) is 16.6 Å². The van der Waals surface area contributed by atoms with Crippen molar-refractivity contribution in [2.45, 2.75) is 39.1 Å². The van der Waals surface area contributed by atoms with Crippen molar-refractivity contribution in [3.63, 3.8) is 0 Å². The number of hydrogen-bond donors (Lipinski definition) is 0. The Morgan fingerprint density at radius 1 is 1.00 bits per heavy atom. The summed E-state index contributed by atoms with van der Waals surface area (Å²) < 4.78 is 29.2. The van der Waals surface area contributed by atoms with Gasteiger partial charge in [-0.3, -0.25) is 4.79 Å². The van der Waals surface area contributed by atoms with Crippen LogP contribution in [0.2, 0.25) is 0 Å². The smallest absolute Gasteiger partial charge is 0.255 e. The molecule has 1 aromatic carbocycles. The molecule has 2 heterocycles. The number of aryl methyl sites for hydroxylation is 2. The molecule has 27 heavy (non-hydrogen) atoms. The van der Waals surface area contributed by atoms with Crippen molar-refractivity contribution < 1.29 is 13.2 Å². The van der Waals surface area contributed by atoms with Gasteiger partial charge in [0.05, 0.1) is 10.5 Å². The maximum atomic E-state index is 12.9. The number of carbonyl (C=O) groups excluding carboxylic acids is 1. The molecule has 1 aromatic heterocycles. The van der Waals surface area contributed by atoms with E-state index in [1.165, 1.54) is 4.31 Å². The van der Waals surface area contributed by atoms with Gasteiger partial charge in [-0.2, -0.15) is 4.31 Å². The highest BCUT2D eigenvalue weighted by atomic mass is 32.2. The van der Waals surface area contributed by atoms with Gasteiger partial charge in [0, 0.05) is 44.1 Å². The van der Waals surface area contributed by atoms with Gasteiger partial charge in [0.2, 0.25) is 10.0 Å². The lowest BCUT2D eigenvalue weighted by molar-refractivity contribution is 0.0697. The second kappa shape index (κ2) is 7.48. The third kappa shape index (κ3) is 3.66. The second-order valence-corrected chi connectivity index (χ2v) is 8.98. The Bertz CT molecular complexity index is 938. The van der Waals surface area contributed by atoms with E-state index in [9.17, 15) is 13.2 Å². The van der Waals surface area contributed by atoms with Crippen LogP contribution in [0.25, 0.3) is 0 Å². The molecule has 0 radical (unpaired) electrons. The summed E-state index contributed by atoms with van der Waals surface area (Å²) in [5.41, 5.74) is 3.77. The highest BCUT2D eigenvalue weighted by molar-refractivity contribution is 7.89. The molecule has 0 spiro atoms. The van der Waals surface area contributed by atoms with Crippen LogP contribution in [0, 0.1) is 20.8 Å². The SMILES string of the molecule is CCn1c(C)cc(C(=O)N2CCN(S(=O)(=O)c3ccc(C)cc3)CC2)c1C. The number of hydrogen-bond acceptors (Lipinski definition) is 3. The topological polar surface area (TPSA) is 62.6 Å². The molecule has 0 N–H and O–H groups in total. The number of nitrogens with zero attached hydrogens (tertiary/aromatic N) is 3. The van der Waals surface area contributed by atoms with Crippen LogP contribution < -0.4 is 0 Å². The maximum Gasteiger partial charge on any atom is 0.255 e. The number of piperazine rings is 1. The predicted octanol–water partition coefficient (Wildman–Crippen LogP) is 2.58. The van der Waals surface area contributed by atoms with Crippen LogP contribution in [0.4, 0.5) is 0 Å². The molecular formula is C20H27N3O3S. The highest BCUT2D eigenvalue weighted by Crippen LogP contribution is 2.21. The zero-order valence-corrected chi connectivity index (χ0v) is 17.2. The molecule has 6 nitrogen and oxygen atoms in total. The number of benzene rings is 1. The summed E-state index contributed by atoms with van der Waals surface area (Å²) in [6, 6.07) is 8.81. The first kappa shape index (κ1) is 19.6. The van der Waals surface area contributed by atoms with Crippen molar-refractivity contribution in [1.29, 1.82) is 0 Å². The van der Waals surface area contributed by atoms with E-state index in [1.807, 2.05) is 26.8 Å². The monoisotopic (exact) mass is 389 g/mol. The average molecular weight is 390 g/mol. The summed E-state index contributed by atoms with van der Waals surface area (Å²) in [6.07, 6.45) is 0. The number of amides is 1. The number of rotatable bonds is 4. The number of aromatic nitrogens is 1. The molecule has 1 amide bonds. The first-order valence-corrected chi connectivity index (χ1v) is 10.7. The van der Waals surface area contributed by atoms with Gasteiger partial charge >= 0.3 is 0 Å². The lowest BCUT2D eigenvalue weighted by atomic mass is 10.2. The normalized spacial score (nSPS) is 15.9. The van der Waals surface area contributed by atoms with Crippen LogP contribution in [0.5, 0.6) is 0 Å². The summed E-state index contributed by atoms with van der Waals surface area (Å²) in [5.74, 6) is -0.0183.